The fourth-order valence-electron chi connectivity index (χ4n) is 1.38. The molecular weight excluding hydrogens is 324 g/mol. The van der Waals surface area contributed by atoms with E-state index in [1.807, 2.05) is 0 Å². The van der Waals surface area contributed by atoms with Gasteiger partial charge in [-0.3, -0.25) is 20.4 Å². The molecule has 2 amide bonds. The summed E-state index contributed by atoms with van der Waals surface area (Å²) in [5.74, 6) is -0.288. The van der Waals surface area contributed by atoms with Gasteiger partial charge in [0.25, 0.3) is 11.8 Å². The number of nitrogens with one attached hydrogen (secondary N) is 2. The molecule has 1 aromatic carbocycles. The summed E-state index contributed by atoms with van der Waals surface area (Å²) in [7, 11) is 0. The zero-order valence-electron chi connectivity index (χ0n) is 10.3. The van der Waals surface area contributed by atoms with Gasteiger partial charge in [-0.15, -0.1) is 0 Å². The molecule has 0 unspecified atom stereocenters. The molecule has 0 bridgehead atoms. The lowest BCUT2D eigenvalue weighted by Crippen LogP contribution is -2.40. The highest BCUT2D eigenvalue weighted by Crippen LogP contribution is 2.10. The lowest BCUT2D eigenvalue weighted by Gasteiger charge is -2.05. The minimum atomic E-state index is -0.452. The number of carbonyl (C=O) groups excluding carboxylic acids is 2. The molecule has 0 saturated carbocycles. The molecule has 20 heavy (non-hydrogen) atoms. The molecule has 0 aliphatic carbocycles. The van der Waals surface area contributed by atoms with E-state index in [2.05, 4.69) is 26.8 Å². The third kappa shape index (κ3) is 4.10. The standard InChI is InChI=1S/C14H11BrN2O3/c15-11-5-3-10(4-6-11)14(19)17-16-13(18)8-7-12-2-1-9-20-12/h1-9H,(H,16,18)(H,17,19). The number of furan rings is 1. The normalized spacial score (nSPS) is 10.4. The van der Waals surface area contributed by atoms with E-state index >= 15 is 0 Å². The molecule has 1 heterocycles. The topological polar surface area (TPSA) is 71.3 Å². The summed E-state index contributed by atoms with van der Waals surface area (Å²) in [6.07, 6.45) is 4.27. The van der Waals surface area contributed by atoms with Crippen LogP contribution in [-0.2, 0) is 4.79 Å². The average molecular weight is 335 g/mol. The highest BCUT2D eigenvalue weighted by Gasteiger charge is 2.05. The lowest BCUT2D eigenvalue weighted by molar-refractivity contribution is -0.117. The number of amides is 2. The summed E-state index contributed by atoms with van der Waals surface area (Å²) in [6.45, 7) is 0. The van der Waals surface area contributed by atoms with Crippen molar-refractivity contribution in [2.75, 3.05) is 0 Å². The number of benzene rings is 1. The molecule has 5 nitrogen and oxygen atoms in total. The predicted octanol–water partition coefficient (Wildman–Crippen LogP) is 2.52. The zero-order valence-corrected chi connectivity index (χ0v) is 11.9. The highest BCUT2D eigenvalue weighted by atomic mass is 79.9. The van der Waals surface area contributed by atoms with Crippen LogP contribution in [0.2, 0.25) is 0 Å². The number of halogens is 1. The number of carbonyl (C=O) groups is 2. The molecule has 0 atom stereocenters. The molecular formula is C14H11BrN2O3. The first-order valence-electron chi connectivity index (χ1n) is 5.72. The van der Waals surface area contributed by atoms with Gasteiger partial charge in [-0.25, -0.2) is 0 Å². The van der Waals surface area contributed by atoms with Gasteiger partial charge in [0.05, 0.1) is 6.26 Å². The molecule has 102 valence electrons. The Morgan fingerprint density at radius 2 is 1.85 bits per heavy atom. The van der Waals surface area contributed by atoms with Gasteiger partial charge < -0.3 is 4.42 Å². The van der Waals surface area contributed by atoms with Crippen molar-refractivity contribution in [3.05, 3.63) is 64.5 Å². The van der Waals surface area contributed by atoms with Gasteiger partial charge in [-0.05, 0) is 42.5 Å². The maximum absolute atomic E-state index is 11.7. The minimum absolute atomic E-state index is 0.391. The maximum atomic E-state index is 11.7. The van der Waals surface area contributed by atoms with Gasteiger partial charge in [0.15, 0.2) is 0 Å². The summed E-state index contributed by atoms with van der Waals surface area (Å²) in [6, 6.07) is 10.2. The van der Waals surface area contributed by atoms with E-state index in [1.54, 1.807) is 36.4 Å². The van der Waals surface area contributed by atoms with Crippen LogP contribution in [0.15, 0.2) is 57.6 Å². The lowest BCUT2D eigenvalue weighted by atomic mass is 10.2. The third-order valence-corrected chi connectivity index (χ3v) is 2.88. The molecule has 1 aromatic heterocycles. The molecule has 0 radical (unpaired) electrons. The van der Waals surface area contributed by atoms with Crippen LogP contribution in [0, 0.1) is 0 Å². The van der Waals surface area contributed by atoms with E-state index in [0.29, 0.717) is 11.3 Å². The van der Waals surface area contributed by atoms with Crippen LogP contribution >= 0.6 is 15.9 Å². The van der Waals surface area contributed by atoms with Crippen molar-refractivity contribution in [1.29, 1.82) is 0 Å². The fourth-order valence-corrected chi connectivity index (χ4v) is 1.64. The van der Waals surface area contributed by atoms with Crippen molar-refractivity contribution in [3.63, 3.8) is 0 Å². The Bertz CT molecular complexity index is 618. The van der Waals surface area contributed by atoms with Crippen LogP contribution in [-0.4, -0.2) is 11.8 Å². The first-order valence-corrected chi connectivity index (χ1v) is 6.52. The molecule has 2 N–H and O–H groups in total. The van der Waals surface area contributed by atoms with Crippen molar-refractivity contribution in [2.45, 2.75) is 0 Å². The number of hydrazine groups is 1. The van der Waals surface area contributed by atoms with Crippen molar-refractivity contribution >= 4 is 33.8 Å². The van der Waals surface area contributed by atoms with Gasteiger partial charge in [-0.1, -0.05) is 15.9 Å². The predicted molar refractivity (Wildman–Crippen MR) is 77.5 cm³/mol. The second-order valence-corrected chi connectivity index (χ2v) is 4.71. The molecule has 6 heteroatoms. The SMILES string of the molecule is O=C(C=Cc1ccco1)NNC(=O)c1ccc(Br)cc1. The molecule has 0 aliphatic heterocycles. The second-order valence-electron chi connectivity index (χ2n) is 3.80. The van der Waals surface area contributed by atoms with Crippen LogP contribution in [0.5, 0.6) is 0 Å². The quantitative estimate of drug-likeness (QED) is 0.669. The van der Waals surface area contributed by atoms with Crippen molar-refractivity contribution in [3.8, 4) is 0 Å². The highest BCUT2D eigenvalue weighted by molar-refractivity contribution is 9.10. The third-order valence-electron chi connectivity index (χ3n) is 2.35. The van der Waals surface area contributed by atoms with Crippen LogP contribution in [0.1, 0.15) is 16.1 Å². The molecule has 2 rings (SSSR count). The van der Waals surface area contributed by atoms with Gasteiger partial charge in [-0.2, -0.15) is 0 Å². The molecule has 0 aliphatic rings. The van der Waals surface area contributed by atoms with E-state index in [1.165, 1.54) is 18.4 Å². The Labute approximate surface area is 123 Å². The first-order chi connectivity index (χ1) is 9.65. The van der Waals surface area contributed by atoms with Gasteiger partial charge in [0.2, 0.25) is 0 Å². The van der Waals surface area contributed by atoms with Gasteiger partial charge in [0.1, 0.15) is 5.76 Å². The Balaban J connectivity index is 1.84. The summed E-state index contributed by atoms with van der Waals surface area (Å²) in [5.41, 5.74) is 5.04. The summed E-state index contributed by atoms with van der Waals surface area (Å²) >= 11 is 3.28. The summed E-state index contributed by atoms with van der Waals surface area (Å²) in [5, 5.41) is 0. The summed E-state index contributed by atoms with van der Waals surface area (Å²) < 4.78 is 5.91. The van der Waals surface area contributed by atoms with Gasteiger partial charge >= 0.3 is 0 Å². The van der Waals surface area contributed by atoms with E-state index in [4.69, 9.17) is 4.42 Å². The van der Waals surface area contributed by atoms with Crippen molar-refractivity contribution in [2.24, 2.45) is 0 Å². The van der Waals surface area contributed by atoms with Crippen LogP contribution < -0.4 is 10.9 Å². The Kier molecular flexibility index (Phi) is 4.73. The monoisotopic (exact) mass is 334 g/mol. The second kappa shape index (κ2) is 6.72. The Morgan fingerprint density at radius 3 is 2.50 bits per heavy atom. The maximum Gasteiger partial charge on any atom is 0.269 e. The van der Waals surface area contributed by atoms with Gasteiger partial charge in [0, 0.05) is 16.1 Å². The number of rotatable bonds is 3. The first kappa shape index (κ1) is 14.1. The zero-order chi connectivity index (χ0) is 14.4. The minimum Gasteiger partial charge on any atom is -0.465 e. The van der Waals surface area contributed by atoms with Crippen LogP contribution in [0.25, 0.3) is 6.08 Å². The average Bonchev–Trinajstić information content (AvgIpc) is 2.96. The van der Waals surface area contributed by atoms with Crippen LogP contribution in [0.4, 0.5) is 0 Å². The summed E-state index contributed by atoms with van der Waals surface area (Å²) in [4.78, 5) is 23.2. The fraction of sp³-hybridized carbons (Fsp3) is 0. The largest absolute Gasteiger partial charge is 0.465 e. The van der Waals surface area contributed by atoms with Crippen molar-refractivity contribution in [1.82, 2.24) is 10.9 Å². The number of hydrogen-bond acceptors (Lipinski definition) is 3. The Hall–Kier alpha value is -2.34. The van der Waals surface area contributed by atoms with Crippen LogP contribution in [0.3, 0.4) is 0 Å². The molecule has 0 spiro atoms. The Morgan fingerprint density at radius 1 is 1.10 bits per heavy atom. The molecule has 0 fully saturated rings. The molecule has 2 aromatic rings. The molecule has 0 saturated heterocycles. The number of hydrogen-bond donors (Lipinski definition) is 2. The van der Waals surface area contributed by atoms with E-state index in [-0.39, 0.29) is 0 Å². The van der Waals surface area contributed by atoms with E-state index < -0.39 is 11.8 Å². The van der Waals surface area contributed by atoms with E-state index in [0.717, 1.165) is 4.47 Å². The van der Waals surface area contributed by atoms with E-state index in [9.17, 15) is 9.59 Å². The van der Waals surface area contributed by atoms with Crippen molar-refractivity contribution < 1.29 is 14.0 Å². The smallest absolute Gasteiger partial charge is 0.269 e.